The van der Waals surface area contributed by atoms with Crippen molar-refractivity contribution < 1.29 is 27.9 Å². The fourth-order valence-electron chi connectivity index (χ4n) is 4.08. The highest BCUT2D eigenvalue weighted by Gasteiger charge is 2.45. The molecular weight excluding hydrogens is 449 g/mol. The number of anilines is 1. The van der Waals surface area contributed by atoms with Gasteiger partial charge in [-0.05, 0) is 42.8 Å². The van der Waals surface area contributed by atoms with Gasteiger partial charge in [0.2, 0.25) is 5.91 Å². The van der Waals surface area contributed by atoms with E-state index < -0.39 is 35.5 Å². The number of nitrogens with one attached hydrogen (secondary N) is 1. The molecule has 0 saturated heterocycles. The SMILES string of the molecule is CC1=C(C(=O)[O-])C(c2ccc(C#N)cc2)C(C(=O)N(C)C)C(=N)N1c1cccc(C(F)(F)F)c1. The van der Waals surface area contributed by atoms with Crippen LogP contribution in [0.3, 0.4) is 0 Å². The fourth-order valence-corrected chi connectivity index (χ4v) is 4.08. The molecule has 2 atom stereocenters. The lowest BCUT2D eigenvalue weighted by Gasteiger charge is -2.43. The number of aliphatic carboxylic acids is 1. The zero-order chi connectivity index (χ0) is 25.4. The van der Waals surface area contributed by atoms with Crippen molar-refractivity contribution >= 4 is 23.4 Å². The van der Waals surface area contributed by atoms with E-state index in [0.29, 0.717) is 11.1 Å². The predicted octanol–water partition coefficient (Wildman–Crippen LogP) is 2.89. The summed E-state index contributed by atoms with van der Waals surface area (Å²) in [6.07, 6.45) is -4.66. The number of allylic oxidation sites excluding steroid dienone is 1. The first-order valence-electron chi connectivity index (χ1n) is 10.1. The van der Waals surface area contributed by atoms with Gasteiger partial charge in [-0.25, -0.2) is 0 Å². The lowest BCUT2D eigenvalue weighted by atomic mass is 9.74. The number of carboxylic acids is 1. The highest BCUT2D eigenvalue weighted by molar-refractivity contribution is 6.15. The second kappa shape index (κ2) is 9.02. The molecule has 0 bridgehead atoms. The Kier molecular flexibility index (Phi) is 6.50. The molecule has 1 amide bonds. The number of carbonyl (C=O) groups excluding carboxylic acids is 2. The first-order valence-corrected chi connectivity index (χ1v) is 10.1. The average Bonchev–Trinajstić information content (AvgIpc) is 2.77. The summed E-state index contributed by atoms with van der Waals surface area (Å²) in [4.78, 5) is 27.7. The molecule has 1 aliphatic rings. The van der Waals surface area contributed by atoms with Crippen LogP contribution in [0.5, 0.6) is 0 Å². The summed E-state index contributed by atoms with van der Waals surface area (Å²) in [7, 11) is 2.87. The van der Waals surface area contributed by atoms with Crippen molar-refractivity contribution in [3.8, 4) is 6.07 Å². The number of amides is 1. The molecule has 10 heteroatoms. The van der Waals surface area contributed by atoms with E-state index >= 15 is 0 Å². The number of carboxylic acid groups (broad SMARTS) is 1. The van der Waals surface area contributed by atoms with E-state index in [0.717, 1.165) is 23.1 Å². The van der Waals surface area contributed by atoms with Gasteiger partial charge in [-0.1, -0.05) is 18.2 Å². The van der Waals surface area contributed by atoms with Gasteiger partial charge in [0, 0.05) is 37.0 Å². The standard InChI is InChI=1S/C24H21F3N4O3/c1-13-18(23(33)34)19(15-9-7-14(12-28)8-10-15)20(22(32)30(2)3)21(29)31(13)17-6-4-5-16(11-17)24(25,26)27/h4-11,19-20,29H,1-3H3,(H,33,34)/p-1. The molecule has 0 aromatic heterocycles. The van der Waals surface area contributed by atoms with Gasteiger partial charge in [0.25, 0.3) is 0 Å². The maximum atomic E-state index is 13.3. The number of amidine groups is 1. The smallest absolute Gasteiger partial charge is 0.416 e. The number of carbonyl (C=O) groups is 2. The molecule has 176 valence electrons. The number of alkyl halides is 3. The topological polar surface area (TPSA) is 111 Å². The largest absolute Gasteiger partial charge is 0.545 e. The summed E-state index contributed by atoms with van der Waals surface area (Å²) in [5.74, 6) is -5.12. The molecule has 0 fully saturated rings. The zero-order valence-corrected chi connectivity index (χ0v) is 18.5. The number of halogens is 3. The fraction of sp³-hybridized carbons (Fsp3) is 0.250. The van der Waals surface area contributed by atoms with Crippen molar-refractivity contribution in [3.05, 3.63) is 76.5 Å². The van der Waals surface area contributed by atoms with E-state index in [9.17, 15) is 27.9 Å². The van der Waals surface area contributed by atoms with Crippen molar-refractivity contribution in [1.29, 1.82) is 10.7 Å². The molecule has 3 rings (SSSR count). The second-order valence-corrected chi connectivity index (χ2v) is 7.98. The molecule has 0 radical (unpaired) electrons. The van der Waals surface area contributed by atoms with Gasteiger partial charge < -0.3 is 19.7 Å². The van der Waals surface area contributed by atoms with Crippen LogP contribution in [0.2, 0.25) is 0 Å². The number of hydrogen-bond acceptors (Lipinski definition) is 5. The van der Waals surface area contributed by atoms with Gasteiger partial charge in [-0.15, -0.1) is 0 Å². The van der Waals surface area contributed by atoms with Crippen LogP contribution in [0.15, 0.2) is 59.8 Å². The average molecular weight is 469 g/mol. The zero-order valence-electron chi connectivity index (χ0n) is 18.5. The molecular formula is C24H20F3N4O3-. The third kappa shape index (κ3) is 4.37. The lowest BCUT2D eigenvalue weighted by Crippen LogP contribution is -2.51. The van der Waals surface area contributed by atoms with Crippen molar-refractivity contribution in [3.63, 3.8) is 0 Å². The molecule has 0 saturated carbocycles. The quantitative estimate of drug-likeness (QED) is 0.740. The summed E-state index contributed by atoms with van der Waals surface area (Å²) in [6, 6.07) is 11.9. The summed E-state index contributed by atoms with van der Waals surface area (Å²) in [5.41, 5.74) is -0.798. The summed E-state index contributed by atoms with van der Waals surface area (Å²) in [5, 5.41) is 30.2. The van der Waals surface area contributed by atoms with E-state index in [-0.39, 0.29) is 22.8 Å². The predicted molar refractivity (Wildman–Crippen MR) is 115 cm³/mol. The van der Waals surface area contributed by atoms with Crippen molar-refractivity contribution in [2.45, 2.75) is 19.0 Å². The first-order chi connectivity index (χ1) is 15.9. The highest BCUT2D eigenvalue weighted by atomic mass is 19.4. The van der Waals surface area contributed by atoms with Gasteiger partial charge in [0.1, 0.15) is 11.8 Å². The van der Waals surface area contributed by atoms with Gasteiger partial charge in [0.15, 0.2) is 0 Å². The van der Waals surface area contributed by atoms with Crippen LogP contribution in [-0.2, 0) is 15.8 Å². The van der Waals surface area contributed by atoms with Gasteiger partial charge in [-0.2, -0.15) is 18.4 Å². The number of benzene rings is 2. The van der Waals surface area contributed by atoms with Crippen molar-refractivity contribution in [2.75, 3.05) is 19.0 Å². The number of rotatable bonds is 4. The minimum Gasteiger partial charge on any atom is -0.545 e. The third-order valence-corrected chi connectivity index (χ3v) is 5.66. The van der Waals surface area contributed by atoms with Crippen molar-refractivity contribution in [1.82, 2.24) is 4.90 Å². The Balaban J connectivity index is 2.30. The van der Waals surface area contributed by atoms with Crippen LogP contribution >= 0.6 is 0 Å². The van der Waals surface area contributed by atoms with E-state index in [1.807, 2.05) is 6.07 Å². The van der Waals surface area contributed by atoms with Crippen LogP contribution in [0.25, 0.3) is 0 Å². The lowest BCUT2D eigenvalue weighted by molar-refractivity contribution is -0.299. The Morgan fingerprint density at radius 1 is 1.15 bits per heavy atom. The summed E-state index contributed by atoms with van der Waals surface area (Å²) < 4.78 is 40.0. The highest BCUT2D eigenvalue weighted by Crippen LogP contribution is 2.43. The molecule has 0 aliphatic carbocycles. The molecule has 2 unspecified atom stereocenters. The summed E-state index contributed by atoms with van der Waals surface area (Å²) in [6.45, 7) is 1.35. The molecule has 2 aromatic rings. The van der Waals surface area contributed by atoms with E-state index in [2.05, 4.69) is 0 Å². The minimum atomic E-state index is -4.66. The van der Waals surface area contributed by atoms with Crippen LogP contribution < -0.4 is 10.0 Å². The van der Waals surface area contributed by atoms with E-state index in [4.69, 9.17) is 10.7 Å². The second-order valence-electron chi connectivity index (χ2n) is 7.98. The Labute approximate surface area is 193 Å². The monoisotopic (exact) mass is 469 g/mol. The Morgan fingerprint density at radius 2 is 1.76 bits per heavy atom. The number of nitriles is 1. The van der Waals surface area contributed by atoms with Crippen LogP contribution in [0, 0.1) is 22.7 Å². The Bertz CT molecular complexity index is 1230. The molecule has 1 aliphatic heterocycles. The van der Waals surface area contributed by atoms with Crippen LogP contribution in [0.1, 0.15) is 29.5 Å². The normalized spacial score (nSPS) is 18.5. The van der Waals surface area contributed by atoms with Crippen molar-refractivity contribution in [2.24, 2.45) is 5.92 Å². The molecule has 1 heterocycles. The first kappa shape index (κ1) is 24.5. The Hall–Kier alpha value is -4.13. The van der Waals surface area contributed by atoms with Gasteiger partial charge in [0.05, 0.1) is 23.2 Å². The third-order valence-electron chi connectivity index (χ3n) is 5.66. The minimum absolute atomic E-state index is 0.0403. The maximum Gasteiger partial charge on any atom is 0.416 e. The molecule has 1 N–H and O–H groups in total. The summed E-state index contributed by atoms with van der Waals surface area (Å²) >= 11 is 0. The van der Waals surface area contributed by atoms with Gasteiger partial charge in [-0.3, -0.25) is 10.2 Å². The maximum absolute atomic E-state index is 13.3. The van der Waals surface area contributed by atoms with Crippen LogP contribution in [-0.4, -0.2) is 36.7 Å². The number of nitrogens with zero attached hydrogens (tertiary/aromatic N) is 3. The molecule has 2 aromatic carbocycles. The molecule has 7 nitrogen and oxygen atoms in total. The van der Waals surface area contributed by atoms with Crippen LogP contribution in [0.4, 0.5) is 18.9 Å². The number of hydrogen-bond donors (Lipinski definition) is 1. The molecule has 34 heavy (non-hydrogen) atoms. The molecule has 0 spiro atoms. The Morgan fingerprint density at radius 3 is 2.26 bits per heavy atom. The van der Waals surface area contributed by atoms with E-state index in [1.54, 1.807) is 0 Å². The van der Waals surface area contributed by atoms with E-state index in [1.165, 1.54) is 56.3 Å². The van der Waals surface area contributed by atoms with Gasteiger partial charge >= 0.3 is 6.18 Å².